The van der Waals surface area contributed by atoms with Crippen LogP contribution in [0.5, 0.6) is 0 Å². The molecule has 2 aliphatic rings. The molecule has 1 atom stereocenters. The van der Waals surface area contributed by atoms with Gasteiger partial charge >= 0.3 is 0 Å². The zero-order chi connectivity index (χ0) is 13.1. The summed E-state index contributed by atoms with van der Waals surface area (Å²) < 4.78 is 0. The van der Waals surface area contributed by atoms with Gasteiger partial charge in [0.25, 0.3) is 0 Å². The third-order valence-corrected chi connectivity index (χ3v) is 5.56. The summed E-state index contributed by atoms with van der Waals surface area (Å²) in [6.45, 7) is 4.92. The number of hydrogen-bond acceptors (Lipinski definition) is 3. The molecule has 1 aromatic carbocycles. The summed E-state index contributed by atoms with van der Waals surface area (Å²) in [6, 6.07) is 8.88. The minimum absolute atomic E-state index is 0.754. The molecule has 1 fully saturated rings. The van der Waals surface area contributed by atoms with Crippen LogP contribution in [0.3, 0.4) is 0 Å². The van der Waals surface area contributed by atoms with Crippen molar-refractivity contribution in [3.8, 4) is 0 Å². The standard InChI is InChI=1S/C16H24N2S/c1-18(11-13-6-8-17-9-7-13)12-15-10-14-4-2-3-5-16(14)19-15/h2-5,13,15,17H,6-12H2,1H3. The molecule has 1 aromatic rings. The van der Waals surface area contributed by atoms with Crippen LogP contribution in [0.4, 0.5) is 0 Å². The highest BCUT2D eigenvalue weighted by molar-refractivity contribution is 8.00. The van der Waals surface area contributed by atoms with Crippen LogP contribution in [0.2, 0.25) is 0 Å². The number of thioether (sulfide) groups is 1. The summed E-state index contributed by atoms with van der Waals surface area (Å²) in [5.41, 5.74) is 1.55. The van der Waals surface area contributed by atoms with Crippen LogP contribution in [0.25, 0.3) is 0 Å². The van der Waals surface area contributed by atoms with E-state index in [0.717, 1.165) is 11.2 Å². The Labute approximate surface area is 121 Å². The number of fused-ring (bicyclic) bond motifs is 1. The van der Waals surface area contributed by atoms with Crippen molar-refractivity contribution in [2.24, 2.45) is 5.92 Å². The SMILES string of the molecule is CN(CC1CCNCC1)CC1Cc2ccccc2S1. The maximum absolute atomic E-state index is 3.45. The van der Waals surface area contributed by atoms with E-state index >= 15 is 0 Å². The first-order chi connectivity index (χ1) is 9.31. The lowest BCUT2D eigenvalue weighted by molar-refractivity contribution is 0.241. The monoisotopic (exact) mass is 276 g/mol. The Kier molecular flexibility index (Phi) is 4.46. The highest BCUT2D eigenvalue weighted by atomic mass is 32.2. The summed E-state index contributed by atoms with van der Waals surface area (Å²) in [4.78, 5) is 4.06. The van der Waals surface area contributed by atoms with Crippen molar-refractivity contribution in [2.45, 2.75) is 29.4 Å². The third-order valence-electron chi connectivity index (χ3n) is 4.26. The fourth-order valence-corrected chi connectivity index (χ4v) is 4.69. The first kappa shape index (κ1) is 13.5. The van der Waals surface area contributed by atoms with Gasteiger partial charge in [0.05, 0.1) is 0 Å². The molecule has 0 aliphatic carbocycles. The van der Waals surface area contributed by atoms with Gasteiger partial charge in [0.1, 0.15) is 0 Å². The van der Waals surface area contributed by atoms with Gasteiger partial charge in [-0.1, -0.05) is 18.2 Å². The van der Waals surface area contributed by atoms with Crippen LogP contribution in [0, 0.1) is 5.92 Å². The second-order valence-electron chi connectivity index (χ2n) is 5.97. The summed E-state index contributed by atoms with van der Waals surface area (Å²) in [6.07, 6.45) is 3.95. The molecule has 2 aliphatic heterocycles. The summed E-state index contributed by atoms with van der Waals surface area (Å²) >= 11 is 2.07. The molecule has 104 valence electrons. The number of rotatable bonds is 4. The van der Waals surface area contributed by atoms with Crippen molar-refractivity contribution < 1.29 is 0 Å². The van der Waals surface area contributed by atoms with Gasteiger partial charge in [-0.3, -0.25) is 0 Å². The molecule has 2 nitrogen and oxygen atoms in total. The smallest absolute Gasteiger partial charge is 0.0263 e. The van der Waals surface area contributed by atoms with Gasteiger partial charge in [0.2, 0.25) is 0 Å². The van der Waals surface area contributed by atoms with E-state index in [1.807, 2.05) is 0 Å². The summed E-state index contributed by atoms with van der Waals surface area (Å²) in [7, 11) is 2.30. The number of nitrogens with one attached hydrogen (secondary N) is 1. The Morgan fingerprint density at radius 2 is 2.00 bits per heavy atom. The van der Waals surface area contributed by atoms with Crippen molar-refractivity contribution in [3.05, 3.63) is 29.8 Å². The highest BCUT2D eigenvalue weighted by Gasteiger charge is 2.24. The van der Waals surface area contributed by atoms with Crippen molar-refractivity contribution in [1.82, 2.24) is 10.2 Å². The predicted octanol–water partition coefficient (Wildman–Crippen LogP) is 2.63. The normalized spacial score (nSPS) is 23.8. The molecule has 0 spiro atoms. The lowest BCUT2D eigenvalue weighted by Gasteiger charge is -2.28. The second kappa shape index (κ2) is 6.29. The Hall–Kier alpha value is -0.510. The number of hydrogen-bond donors (Lipinski definition) is 1. The van der Waals surface area contributed by atoms with E-state index < -0.39 is 0 Å². The fraction of sp³-hybridized carbons (Fsp3) is 0.625. The van der Waals surface area contributed by atoms with Crippen LogP contribution in [0.1, 0.15) is 18.4 Å². The van der Waals surface area contributed by atoms with Gasteiger partial charge in [-0.15, -0.1) is 11.8 Å². The third kappa shape index (κ3) is 3.53. The molecule has 0 amide bonds. The lowest BCUT2D eigenvalue weighted by Crippen LogP contribution is -2.36. The van der Waals surface area contributed by atoms with Crippen LogP contribution >= 0.6 is 11.8 Å². The van der Waals surface area contributed by atoms with Crippen molar-refractivity contribution >= 4 is 11.8 Å². The zero-order valence-corrected chi connectivity index (χ0v) is 12.6. The molecule has 0 radical (unpaired) electrons. The Morgan fingerprint density at radius 1 is 1.21 bits per heavy atom. The largest absolute Gasteiger partial charge is 0.317 e. The predicted molar refractivity (Wildman–Crippen MR) is 82.9 cm³/mol. The lowest BCUT2D eigenvalue weighted by atomic mass is 9.97. The van der Waals surface area contributed by atoms with E-state index in [4.69, 9.17) is 0 Å². The van der Waals surface area contributed by atoms with Gasteiger partial charge in [-0.05, 0) is 56.9 Å². The second-order valence-corrected chi connectivity index (χ2v) is 7.31. The molecule has 1 N–H and O–H groups in total. The van der Waals surface area contributed by atoms with Crippen molar-refractivity contribution in [2.75, 3.05) is 33.2 Å². The molecule has 0 bridgehead atoms. The molecule has 0 saturated carbocycles. The van der Waals surface area contributed by atoms with Gasteiger partial charge in [0, 0.05) is 23.2 Å². The topological polar surface area (TPSA) is 15.3 Å². The quantitative estimate of drug-likeness (QED) is 0.910. The summed E-state index contributed by atoms with van der Waals surface area (Å²) in [5, 5.41) is 4.20. The zero-order valence-electron chi connectivity index (χ0n) is 11.8. The Morgan fingerprint density at radius 3 is 2.79 bits per heavy atom. The van der Waals surface area contributed by atoms with Gasteiger partial charge in [-0.25, -0.2) is 0 Å². The molecule has 0 aromatic heterocycles. The number of benzene rings is 1. The highest BCUT2D eigenvalue weighted by Crippen LogP contribution is 2.37. The van der Waals surface area contributed by atoms with Gasteiger partial charge < -0.3 is 10.2 Å². The van der Waals surface area contributed by atoms with Crippen LogP contribution < -0.4 is 5.32 Å². The van der Waals surface area contributed by atoms with Crippen LogP contribution in [0.15, 0.2) is 29.2 Å². The van der Waals surface area contributed by atoms with Gasteiger partial charge in [-0.2, -0.15) is 0 Å². The average Bonchev–Trinajstić information content (AvgIpc) is 2.81. The van der Waals surface area contributed by atoms with E-state index in [0.29, 0.717) is 0 Å². The Bertz CT molecular complexity index is 390. The number of piperidine rings is 1. The van der Waals surface area contributed by atoms with E-state index in [1.54, 1.807) is 5.56 Å². The minimum Gasteiger partial charge on any atom is -0.317 e. The maximum Gasteiger partial charge on any atom is 0.0263 e. The molecular weight excluding hydrogens is 252 g/mol. The van der Waals surface area contributed by atoms with Crippen LogP contribution in [-0.4, -0.2) is 43.4 Å². The van der Waals surface area contributed by atoms with E-state index in [1.165, 1.54) is 50.3 Å². The van der Waals surface area contributed by atoms with Crippen LogP contribution in [-0.2, 0) is 6.42 Å². The fourth-order valence-electron chi connectivity index (χ4n) is 3.28. The maximum atomic E-state index is 3.45. The molecule has 19 heavy (non-hydrogen) atoms. The van der Waals surface area contributed by atoms with E-state index in [9.17, 15) is 0 Å². The molecule has 1 unspecified atom stereocenters. The van der Waals surface area contributed by atoms with Crippen molar-refractivity contribution in [3.63, 3.8) is 0 Å². The van der Waals surface area contributed by atoms with E-state index in [-0.39, 0.29) is 0 Å². The molecule has 3 heteroatoms. The van der Waals surface area contributed by atoms with E-state index in [2.05, 4.69) is 53.3 Å². The average molecular weight is 276 g/mol. The van der Waals surface area contributed by atoms with Gasteiger partial charge in [0.15, 0.2) is 0 Å². The molecule has 3 rings (SSSR count). The Balaban J connectivity index is 1.47. The molecule has 2 heterocycles. The molecular formula is C16H24N2S. The number of nitrogens with zero attached hydrogens (tertiary/aromatic N) is 1. The summed E-state index contributed by atoms with van der Waals surface area (Å²) in [5.74, 6) is 0.903. The first-order valence-corrected chi connectivity index (χ1v) is 8.33. The minimum atomic E-state index is 0.754. The molecule has 1 saturated heterocycles. The van der Waals surface area contributed by atoms with Crippen molar-refractivity contribution in [1.29, 1.82) is 0 Å². The first-order valence-electron chi connectivity index (χ1n) is 7.45.